The zero-order valence-corrected chi connectivity index (χ0v) is 14.2. The number of aromatic amines is 1. The summed E-state index contributed by atoms with van der Waals surface area (Å²) in [6.45, 7) is 4.23. The maximum Gasteiger partial charge on any atom is 0.174 e. The van der Waals surface area contributed by atoms with E-state index in [4.69, 9.17) is 4.42 Å². The Balaban J connectivity index is 1.97. The van der Waals surface area contributed by atoms with Crippen LogP contribution in [-0.4, -0.2) is 24.1 Å². The van der Waals surface area contributed by atoms with Crippen molar-refractivity contribution in [3.8, 4) is 22.9 Å². The Morgan fingerprint density at radius 1 is 1.09 bits per heavy atom. The lowest BCUT2D eigenvalue weighted by molar-refractivity contribution is 0.592. The Morgan fingerprint density at radius 2 is 1.83 bits per heavy atom. The largest absolute Gasteiger partial charge is 0.453 e. The highest BCUT2D eigenvalue weighted by Gasteiger charge is 2.14. The van der Waals surface area contributed by atoms with E-state index >= 15 is 0 Å². The van der Waals surface area contributed by atoms with E-state index in [0.717, 1.165) is 52.8 Å². The molecule has 0 aliphatic heterocycles. The second kappa shape index (κ2) is 6.32. The van der Waals surface area contributed by atoms with Gasteiger partial charge in [-0.05, 0) is 37.6 Å². The lowest BCUT2D eigenvalue weighted by Crippen LogP contribution is -2.09. The predicted molar refractivity (Wildman–Crippen MR) is 94.8 cm³/mol. The van der Waals surface area contributed by atoms with Crippen molar-refractivity contribution in [2.75, 3.05) is 19.0 Å². The average molecular weight is 309 g/mol. The van der Waals surface area contributed by atoms with Crippen molar-refractivity contribution >= 4 is 5.69 Å². The van der Waals surface area contributed by atoms with Gasteiger partial charge < -0.3 is 14.3 Å². The van der Waals surface area contributed by atoms with Gasteiger partial charge in [-0.25, -0.2) is 4.98 Å². The van der Waals surface area contributed by atoms with Crippen LogP contribution in [0.1, 0.15) is 24.7 Å². The van der Waals surface area contributed by atoms with E-state index in [1.54, 1.807) is 0 Å². The predicted octanol–water partition coefficient (Wildman–Crippen LogP) is 4.66. The van der Waals surface area contributed by atoms with Crippen LogP contribution in [0.25, 0.3) is 22.9 Å². The van der Waals surface area contributed by atoms with Crippen molar-refractivity contribution in [3.05, 3.63) is 47.8 Å². The SMILES string of the molecule is CCCc1nc(-c2ccc(-c3ccccc3N(C)C)o2)[nH]c1C. The molecule has 120 valence electrons. The van der Waals surface area contributed by atoms with Gasteiger partial charge in [0.25, 0.3) is 0 Å². The summed E-state index contributed by atoms with van der Waals surface area (Å²) >= 11 is 0. The van der Waals surface area contributed by atoms with Gasteiger partial charge in [0.2, 0.25) is 0 Å². The number of anilines is 1. The number of aryl methyl sites for hydroxylation is 2. The smallest absolute Gasteiger partial charge is 0.174 e. The molecule has 0 aliphatic rings. The summed E-state index contributed by atoms with van der Waals surface area (Å²) in [7, 11) is 4.07. The van der Waals surface area contributed by atoms with E-state index < -0.39 is 0 Å². The zero-order chi connectivity index (χ0) is 16.4. The van der Waals surface area contributed by atoms with Crippen molar-refractivity contribution in [2.24, 2.45) is 0 Å². The maximum atomic E-state index is 6.07. The third-order valence-corrected chi connectivity index (χ3v) is 3.96. The minimum absolute atomic E-state index is 0.777. The van der Waals surface area contributed by atoms with Crippen LogP contribution in [0.3, 0.4) is 0 Å². The second-order valence-electron chi connectivity index (χ2n) is 5.98. The number of imidazole rings is 1. The fourth-order valence-corrected chi connectivity index (χ4v) is 2.78. The minimum Gasteiger partial charge on any atom is -0.453 e. The molecule has 0 saturated carbocycles. The van der Waals surface area contributed by atoms with Crippen LogP contribution in [-0.2, 0) is 6.42 Å². The molecule has 1 aromatic carbocycles. The number of para-hydroxylation sites is 1. The van der Waals surface area contributed by atoms with Gasteiger partial charge in [0.1, 0.15) is 5.76 Å². The molecule has 0 aliphatic carbocycles. The third-order valence-electron chi connectivity index (χ3n) is 3.96. The average Bonchev–Trinajstić information content (AvgIpc) is 3.15. The number of nitrogens with one attached hydrogen (secondary N) is 1. The molecular weight excluding hydrogens is 286 g/mol. The molecule has 0 saturated heterocycles. The first-order valence-corrected chi connectivity index (χ1v) is 8.02. The van der Waals surface area contributed by atoms with Crippen molar-refractivity contribution in [3.63, 3.8) is 0 Å². The lowest BCUT2D eigenvalue weighted by atomic mass is 10.1. The molecule has 0 bridgehead atoms. The maximum absolute atomic E-state index is 6.07. The molecule has 0 fully saturated rings. The van der Waals surface area contributed by atoms with Gasteiger partial charge in [-0.15, -0.1) is 0 Å². The monoisotopic (exact) mass is 309 g/mol. The summed E-state index contributed by atoms with van der Waals surface area (Å²) in [5, 5.41) is 0. The molecule has 4 nitrogen and oxygen atoms in total. The third kappa shape index (κ3) is 3.02. The molecule has 2 aromatic heterocycles. The Kier molecular flexibility index (Phi) is 4.24. The Morgan fingerprint density at radius 3 is 2.57 bits per heavy atom. The normalized spacial score (nSPS) is 11.0. The standard InChI is InChI=1S/C19H23N3O/c1-5-8-15-13(2)20-19(21-15)18-12-11-17(23-18)14-9-6-7-10-16(14)22(3)4/h6-7,9-12H,5,8H2,1-4H3,(H,20,21). The van der Waals surface area contributed by atoms with Gasteiger partial charge in [-0.2, -0.15) is 0 Å². The summed E-state index contributed by atoms with van der Waals surface area (Å²) in [6.07, 6.45) is 2.07. The number of H-pyrrole nitrogens is 1. The van der Waals surface area contributed by atoms with Crippen molar-refractivity contribution in [1.29, 1.82) is 0 Å². The molecule has 3 aromatic rings. The van der Waals surface area contributed by atoms with Gasteiger partial charge in [0.15, 0.2) is 11.6 Å². The summed E-state index contributed by atoms with van der Waals surface area (Å²) in [6, 6.07) is 12.2. The van der Waals surface area contributed by atoms with E-state index in [9.17, 15) is 0 Å². The molecule has 4 heteroatoms. The molecule has 3 rings (SSSR count). The Labute approximate surface area is 137 Å². The summed E-state index contributed by atoms with van der Waals surface area (Å²) in [5.41, 5.74) is 4.46. The first kappa shape index (κ1) is 15.4. The fraction of sp³-hybridized carbons (Fsp3) is 0.316. The van der Waals surface area contributed by atoms with E-state index in [1.807, 2.05) is 38.4 Å². The lowest BCUT2D eigenvalue weighted by Gasteiger charge is -2.15. The number of hydrogen-bond donors (Lipinski definition) is 1. The van der Waals surface area contributed by atoms with E-state index in [0.29, 0.717) is 0 Å². The quantitative estimate of drug-likeness (QED) is 0.745. The highest BCUT2D eigenvalue weighted by Crippen LogP contribution is 2.33. The number of aromatic nitrogens is 2. The van der Waals surface area contributed by atoms with Crippen molar-refractivity contribution < 1.29 is 4.42 Å². The molecule has 0 atom stereocenters. The van der Waals surface area contributed by atoms with Crippen LogP contribution in [0.4, 0.5) is 5.69 Å². The van der Waals surface area contributed by atoms with Crippen molar-refractivity contribution in [1.82, 2.24) is 9.97 Å². The van der Waals surface area contributed by atoms with Crippen LogP contribution in [0.5, 0.6) is 0 Å². The molecule has 0 spiro atoms. The summed E-state index contributed by atoms with van der Waals surface area (Å²) in [5.74, 6) is 2.44. The van der Waals surface area contributed by atoms with E-state index in [1.165, 1.54) is 0 Å². The Hall–Kier alpha value is -2.49. The van der Waals surface area contributed by atoms with Crippen LogP contribution < -0.4 is 4.90 Å². The molecule has 0 amide bonds. The minimum atomic E-state index is 0.777. The van der Waals surface area contributed by atoms with Gasteiger partial charge in [-0.1, -0.05) is 25.5 Å². The first-order valence-electron chi connectivity index (χ1n) is 8.02. The van der Waals surface area contributed by atoms with Crippen LogP contribution in [0.2, 0.25) is 0 Å². The van der Waals surface area contributed by atoms with Gasteiger partial charge >= 0.3 is 0 Å². The number of nitrogens with zero attached hydrogens (tertiary/aromatic N) is 2. The molecule has 1 N–H and O–H groups in total. The number of furan rings is 1. The van der Waals surface area contributed by atoms with Crippen molar-refractivity contribution in [2.45, 2.75) is 26.7 Å². The summed E-state index contributed by atoms with van der Waals surface area (Å²) in [4.78, 5) is 10.1. The van der Waals surface area contributed by atoms with Gasteiger partial charge in [0.05, 0.1) is 5.69 Å². The molecule has 0 unspecified atom stereocenters. The van der Waals surface area contributed by atoms with Crippen LogP contribution >= 0.6 is 0 Å². The number of benzene rings is 1. The highest BCUT2D eigenvalue weighted by molar-refractivity contribution is 5.76. The van der Waals surface area contributed by atoms with Crippen LogP contribution in [0, 0.1) is 6.92 Å². The van der Waals surface area contributed by atoms with Gasteiger partial charge in [-0.3, -0.25) is 0 Å². The summed E-state index contributed by atoms with van der Waals surface area (Å²) < 4.78 is 6.07. The molecule has 0 radical (unpaired) electrons. The highest BCUT2D eigenvalue weighted by atomic mass is 16.3. The molecular formula is C19H23N3O. The van der Waals surface area contributed by atoms with Gasteiger partial charge in [0, 0.05) is 31.0 Å². The van der Waals surface area contributed by atoms with Crippen LogP contribution in [0.15, 0.2) is 40.8 Å². The van der Waals surface area contributed by atoms with E-state index in [2.05, 4.69) is 40.8 Å². The Bertz CT molecular complexity index is 799. The zero-order valence-electron chi connectivity index (χ0n) is 14.2. The molecule has 2 heterocycles. The second-order valence-corrected chi connectivity index (χ2v) is 5.98. The first-order chi connectivity index (χ1) is 11.1. The fourth-order valence-electron chi connectivity index (χ4n) is 2.78. The number of rotatable bonds is 5. The van der Waals surface area contributed by atoms with E-state index in [-0.39, 0.29) is 0 Å². The molecule has 23 heavy (non-hydrogen) atoms. The topological polar surface area (TPSA) is 45.1 Å². The number of hydrogen-bond acceptors (Lipinski definition) is 3.